The minimum Gasteiger partial charge on any atom is -0.481 e. The number of primary amides is 2. The number of aliphatic carboxylic acids is 1. The van der Waals surface area contributed by atoms with Crippen molar-refractivity contribution in [3.8, 4) is 0 Å². The summed E-state index contributed by atoms with van der Waals surface area (Å²) in [4.78, 5) is 44.3. The number of benzene rings is 3. The number of hydrogen-bond acceptors (Lipinski definition) is 6. The van der Waals surface area contributed by atoms with Gasteiger partial charge in [-0.25, -0.2) is 0 Å². The maximum Gasteiger partial charge on any atom is 0.306 e. The summed E-state index contributed by atoms with van der Waals surface area (Å²) in [6.45, 7) is 6.56. The van der Waals surface area contributed by atoms with E-state index >= 15 is 0 Å². The van der Waals surface area contributed by atoms with Crippen molar-refractivity contribution in [2.24, 2.45) is 23.3 Å². The molecule has 10 nitrogen and oxygen atoms in total. The predicted molar refractivity (Wildman–Crippen MR) is 165 cm³/mol. The second-order valence-corrected chi connectivity index (χ2v) is 9.61. The van der Waals surface area contributed by atoms with Crippen LogP contribution in [0.1, 0.15) is 66.3 Å². The van der Waals surface area contributed by atoms with Crippen LogP contribution >= 0.6 is 0 Å². The zero-order valence-electron chi connectivity index (χ0n) is 24.4. The van der Waals surface area contributed by atoms with Gasteiger partial charge in [0, 0.05) is 18.2 Å². The van der Waals surface area contributed by atoms with E-state index < -0.39 is 17.8 Å². The van der Waals surface area contributed by atoms with Gasteiger partial charge < -0.3 is 32.4 Å². The molecule has 0 aliphatic heterocycles. The Morgan fingerprint density at radius 2 is 1.33 bits per heavy atom. The van der Waals surface area contributed by atoms with Gasteiger partial charge in [-0.2, -0.15) is 0 Å². The van der Waals surface area contributed by atoms with E-state index in [0.29, 0.717) is 42.1 Å². The summed E-state index contributed by atoms with van der Waals surface area (Å²) < 4.78 is 5.60. The average Bonchev–Trinajstić information content (AvgIpc) is 2.96. The van der Waals surface area contributed by atoms with Crippen molar-refractivity contribution in [1.82, 2.24) is 0 Å². The van der Waals surface area contributed by atoms with Crippen molar-refractivity contribution >= 4 is 35.1 Å². The Hall–Kier alpha value is -4.70. The molecule has 0 aromatic heterocycles. The number of carbonyl (C=O) groups excluding carboxylic acids is 3. The van der Waals surface area contributed by atoms with Gasteiger partial charge in [0.1, 0.15) is 0 Å². The smallest absolute Gasteiger partial charge is 0.306 e. The largest absolute Gasteiger partial charge is 0.481 e. The van der Waals surface area contributed by atoms with Gasteiger partial charge in [0.2, 0.25) is 5.91 Å². The number of nitrogens with one attached hydrogen (secondary N) is 1. The zero-order valence-corrected chi connectivity index (χ0v) is 24.4. The SMILES string of the molecule is CC(CCOCc1ccccc1)C(=O)Nc1ccccc1C(N)=O.CCCC(C)C(=O)O.NC(=O)c1ccccc1N. The first kappa shape index (κ1) is 35.3. The third kappa shape index (κ3) is 13.6. The van der Waals surface area contributed by atoms with Crippen molar-refractivity contribution in [3.63, 3.8) is 0 Å². The van der Waals surface area contributed by atoms with Crippen LogP contribution in [0.2, 0.25) is 0 Å². The Morgan fingerprint density at radius 1 is 0.786 bits per heavy atom. The fourth-order valence-corrected chi connectivity index (χ4v) is 3.50. The second-order valence-electron chi connectivity index (χ2n) is 9.61. The van der Waals surface area contributed by atoms with Crippen LogP contribution < -0.4 is 22.5 Å². The third-order valence-corrected chi connectivity index (χ3v) is 6.07. The molecule has 0 heterocycles. The first-order chi connectivity index (χ1) is 20.0. The highest BCUT2D eigenvalue weighted by Crippen LogP contribution is 2.16. The van der Waals surface area contributed by atoms with Crippen molar-refractivity contribution < 1.29 is 29.0 Å². The normalized spacial score (nSPS) is 11.4. The molecule has 3 amide bonds. The molecule has 0 radical (unpaired) electrons. The molecular weight excluding hydrogens is 536 g/mol. The molecule has 0 aliphatic rings. The second kappa shape index (κ2) is 19.4. The van der Waals surface area contributed by atoms with E-state index in [9.17, 15) is 19.2 Å². The van der Waals surface area contributed by atoms with E-state index in [2.05, 4.69) is 5.32 Å². The molecule has 8 N–H and O–H groups in total. The van der Waals surface area contributed by atoms with E-state index in [1.165, 1.54) is 0 Å². The maximum atomic E-state index is 12.2. The van der Waals surface area contributed by atoms with Crippen LogP contribution in [0, 0.1) is 11.8 Å². The molecule has 0 saturated carbocycles. The molecular formula is C32H42N4O6. The van der Waals surface area contributed by atoms with Gasteiger partial charge in [0.15, 0.2) is 0 Å². The minimum atomic E-state index is -0.688. The summed E-state index contributed by atoms with van der Waals surface area (Å²) in [5.41, 5.74) is 18.4. The molecule has 3 aromatic carbocycles. The predicted octanol–water partition coefficient (Wildman–Crippen LogP) is 4.84. The lowest BCUT2D eigenvalue weighted by Crippen LogP contribution is -2.24. The van der Waals surface area contributed by atoms with Crippen LogP contribution in [0.15, 0.2) is 78.9 Å². The first-order valence-corrected chi connectivity index (χ1v) is 13.7. The zero-order chi connectivity index (χ0) is 31.5. The average molecular weight is 579 g/mol. The topological polar surface area (TPSA) is 188 Å². The van der Waals surface area contributed by atoms with Gasteiger partial charge in [-0.15, -0.1) is 0 Å². The Labute approximate surface area is 247 Å². The van der Waals surface area contributed by atoms with Gasteiger partial charge in [0.25, 0.3) is 11.8 Å². The lowest BCUT2D eigenvalue weighted by molar-refractivity contribution is -0.141. The number of carboxylic acid groups (broad SMARTS) is 1. The number of rotatable bonds is 12. The Morgan fingerprint density at radius 3 is 1.83 bits per heavy atom. The number of para-hydroxylation sites is 2. The number of anilines is 2. The van der Waals surface area contributed by atoms with Crippen molar-refractivity contribution in [3.05, 3.63) is 95.6 Å². The van der Waals surface area contributed by atoms with Crippen LogP contribution in [0.4, 0.5) is 11.4 Å². The molecule has 2 atom stereocenters. The molecule has 10 heteroatoms. The standard InChI is InChI=1S/C19H22N2O3.C7H8N2O.C6H12O2/c1-14(11-12-24-13-15-7-3-2-4-8-15)19(23)21-17-10-6-5-9-16(17)18(20)22;8-6-4-2-1-3-5(6)7(9)10;1-3-4-5(2)6(7)8/h2-10,14H,11-13H2,1H3,(H2,20,22)(H,21,23);1-4H,8H2,(H2,9,10);5H,3-4H2,1-2H3,(H,7,8). The van der Waals surface area contributed by atoms with Crippen molar-refractivity contribution in [2.45, 2.75) is 46.6 Å². The van der Waals surface area contributed by atoms with E-state index in [1.54, 1.807) is 55.5 Å². The fourth-order valence-electron chi connectivity index (χ4n) is 3.50. The van der Waals surface area contributed by atoms with Gasteiger partial charge in [-0.1, -0.05) is 81.8 Å². The van der Waals surface area contributed by atoms with Crippen LogP contribution in [-0.4, -0.2) is 35.4 Å². The molecule has 0 spiro atoms. The van der Waals surface area contributed by atoms with Crippen LogP contribution in [0.25, 0.3) is 0 Å². The van der Waals surface area contributed by atoms with Gasteiger partial charge in [-0.3, -0.25) is 19.2 Å². The Balaban J connectivity index is 0.000000401. The van der Waals surface area contributed by atoms with E-state index in [0.717, 1.165) is 18.4 Å². The molecule has 226 valence electrons. The van der Waals surface area contributed by atoms with Gasteiger partial charge in [-0.05, 0) is 42.7 Å². The van der Waals surface area contributed by atoms with Crippen LogP contribution in [0.5, 0.6) is 0 Å². The number of carboxylic acids is 1. The molecule has 42 heavy (non-hydrogen) atoms. The number of ether oxygens (including phenoxy) is 1. The molecule has 3 aromatic rings. The molecule has 3 rings (SSSR count). The molecule has 0 fully saturated rings. The lowest BCUT2D eigenvalue weighted by atomic mass is 10.1. The number of carbonyl (C=O) groups is 4. The van der Waals surface area contributed by atoms with E-state index in [4.69, 9.17) is 27.0 Å². The molecule has 0 saturated heterocycles. The van der Waals surface area contributed by atoms with Crippen LogP contribution in [-0.2, 0) is 20.9 Å². The number of hydrogen-bond donors (Lipinski definition) is 5. The molecule has 0 aliphatic carbocycles. The highest BCUT2D eigenvalue weighted by Gasteiger charge is 2.16. The highest BCUT2D eigenvalue weighted by atomic mass is 16.5. The van der Waals surface area contributed by atoms with Crippen molar-refractivity contribution in [2.75, 3.05) is 17.7 Å². The quantitative estimate of drug-likeness (QED) is 0.150. The molecule has 0 bridgehead atoms. The van der Waals surface area contributed by atoms with Crippen LogP contribution in [0.3, 0.4) is 0 Å². The molecule has 2 unspecified atom stereocenters. The highest BCUT2D eigenvalue weighted by molar-refractivity contribution is 6.03. The van der Waals surface area contributed by atoms with E-state index in [-0.39, 0.29) is 17.7 Å². The maximum absolute atomic E-state index is 12.2. The van der Waals surface area contributed by atoms with E-state index in [1.807, 2.05) is 44.2 Å². The monoisotopic (exact) mass is 578 g/mol. The van der Waals surface area contributed by atoms with Gasteiger partial charge in [0.05, 0.1) is 29.3 Å². The summed E-state index contributed by atoms with van der Waals surface area (Å²) in [7, 11) is 0. The Bertz CT molecular complexity index is 1280. The van der Waals surface area contributed by atoms with Gasteiger partial charge >= 0.3 is 5.97 Å². The number of nitrogen functional groups attached to an aromatic ring is 1. The lowest BCUT2D eigenvalue weighted by Gasteiger charge is -2.14. The fraction of sp³-hybridized carbons (Fsp3) is 0.312. The number of nitrogens with two attached hydrogens (primary N) is 3. The minimum absolute atomic E-state index is 0.160. The number of amides is 3. The third-order valence-electron chi connectivity index (χ3n) is 6.07. The summed E-state index contributed by atoms with van der Waals surface area (Å²) in [6.07, 6.45) is 2.33. The summed E-state index contributed by atoms with van der Waals surface area (Å²) >= 11 is 0. The summed E-state index contributed by atoms with van der Waals surface area (Å²) in [5.74, 6) is -2.30. The summed E-state index contributed by atoms with van der Waals surface area (Å²) in [5, 5.41) is 11.1. The first-order valence-electron chi connectivity index (χ1n) is 13.7. The van der Waals surface area contributed by atoms with Crippen molar-refractivity contribution in [1.29, 1.82) is 0 Å². The Kier molecular flexibility index (Phi) is 16.3. The summed E-state index contributed by atoms with van der Waals surface area (Å²) in [6, 6.07) is 23.3.